The molecule has 0 unspecified atom stereocenters. The Bertz CT molecular complexity index is 1290. The number of benzene rings is 2. The first-order valence-corrected chi connectivity index (χ1v) is 20.2. The van der Waals surface area contributed by atoms with Crippen LogP contribution in [0.1, 0.15) is 27.8 Å². The molecule has 3 aliphatic rings. The fourth-order valence-electron chi connectivity index (χ4n) is 4.63. The number of fused-ring (bicyclic) bond motifs is 4. The normalized spacial score (nSPS) is 18.2. The maximum Gasteiger partial charge on any atom is 0.0657 e. The van der Waals surface area contributed by atoms with Crippen molar-refractivity contribution in [3.63, 3.8) is 0 Å². The van der Waals surface area contributed by atoms with E-state index in [0.717, 1.165) is 31.2 Å². The monoisotopic (exact) mass is 644 g/mol. The molecule has 196 valence electrons. The van der Waals surface area contributed by atoms with Crippen molar-refractivity contribution in [3.05, 3.63) is 107 Å². The largest absolute Gasteiger partial charge is 0.121 e. The third-order valence-corrected chi connectivity index (χ3v) is 17.1. The molecule has 8 heteroatoms. The number of hydrogen-bond acceptors (Lipinski definition) is 8. The molecule has 0 N–H and O–H groups in total. The summed E-state index contributed by atoms with van der Waals surface area (Å²) < 4.78 is 8.58. The molecule has 0 aromatic heterocycles. The standard InChI is InChI=1S/C30H28S8/c1-6-18-10-21-13-22(11-18)17-24(26-37-29(33-4)30(34-5)38-26)15-20-9-7-8-19(12-20)14-23(16-21)25-35-27(31-2)28(32-3)36-25/h1,7-13H,14-17H2,2-5H3. The summed E-state index contributed by atoms with van der Waals surface area (Å²) in [4.78, 5) is 0. The molecule has 2 aromatic rings. The van der Waals surface area contributed by atoms with E-state index in [4.69, 9.17) is 6.42 Å². The molecule has 0 spiro atoms. The second-order valence-electron chi connectivity index (χ2n) is 8.87. The Morgan fingerprint density at radius 2 is 0.947 bits per heavy atom. The maximum atomic E-state index is 5.97. The molecule has 2 aromatic carbocycles. The predicted molar refractivity (Wildman–Crippen MR) is 188 cm³/mol. The van der Waals surface area contributed by atoms with Gasteiger partial charge in [-0.15, -0.1) is 53.5 Å². The van der Waals surface area contributed by atoms with Crippen LogP contribution in [0.2, 0.25) is 0 Å². The molecular formula is C30H28S8. The summed E-state index contributed by atoms with van der Waals surface area (Å²) in [5, 5.41) is 0. The first-order chi connectivity index (χ1) is 18.5. The third kappa shape index (κ3) is 6.79. The van der Waals surface area contributed by atoms with Crippen molar-refractivity contribution >= 4 is 94.1 Å². The molecular weight excluding hydrogens is 617 g/mol. The van der Waals surface area contributed by atoms with Crippen LogP contribution >= 0.6 is 94.1 Å². The van der Waals surface area contributed by atoms with E-state index < -0.39 is 0 Å². The van der Waals surface area contributed by atoms with E-state index in [0.29, 0.717) is 0 Å². The van der Waals surface area contributed by atoms with Crippen LogP contribution in [0.25, 0.3) is 0 Å². The first kappa shape index (κ1) is 29.3. The molecule has 0 amide bonds. The Kier molecular flexibility index (Phi) is 10.5. The molecule has 0 radical (unpaired) electrons. The van der Waals surface area contributed by atoms with Gasteiger partial charge in [-0.25, -0.2) is 0 Å². The molecule has 0 fully saturated rings. The summed E-state index contributed by atoms with van der Waals surface area (Å²) in [7, 11) is 0. The van der Waals surface area contributed by atoms with E-state index in [-0.39, 0.29) is 0 Å². The highest BCUT2D eigenvalue weighted by Crippen LogP contribution is 2.59. The highest BCUT2D eigenvalue weighted by atomic mass is 32.3. The van der Waals surface area contributed by atoms with E-state index in [1.807, 2.05) is 94.1 Å². The second-order valence-corrected chi connectivity index (χ2v) is 17.8. The topological polar surface area (TPSA) is 0 Å². The molecule has 2 heterocycles. The Balaban J connectivity index is 1.59. The van der Waals surface area contributed by atoms with E-state index in [2.05, 4.69) is 73.4 Å². The molecule has 0 nitrogen and oxygen atoms in total. The van der Waals surface area contributed by atoms with Crippen LogP contribution in [0.3, 0.4) is 0 Å². The summed E-state index contributed by atoms with van der Waals surface area (Å²) in [6.45, 7) is 0. The van der Waals surface area contributed by atoms with Gasteiger partial charge in [-0.1, -0.05) is 83.3 Å². The number of rotatable bonds is 4. The van der Waals surface area contributed by atoms with Gasteiger partial charge in [-0.2, -0.15) is 0 Å². The fraction of sp³-hybridized carbons (Fsp3) is 0.267. The molecule has 0 saturated carbocycles. The summed E-state index contributed by atoms with van der Waals surface area (Å²) in [5.74, 6) is 2.95. The van der Waals surface area contributed by atoms with Gasteiger partial charge in [-0.05, 0) is 96.2 Å². The third-order valence-electron chi connectivity index (χ3n) is 6.27. The Hall–Kier alpha value is -0.240. The second kappa shape index (κ2) is 13.6. The van der Waals surface area contributed by atoms with Gasteiger partial charge in [0.2, 0.25) is 0 Å². The molecule has 1 aliphatic carbocycles. The summed E-state index contributed by atoms with van der Waals surface area (Å²) in [6, 6.07) is 16.1. The number of thioether (sulfide) groups is 8. The summed E-state index contributed by atoms with van der Waals surface area (Å²) in [5.41, 5.74) is 9.41. The number of terminal acetylenes is 1. The van der Waals surface area contributed by atoms with Crippen molar-refractivity contribution in [2.45, 2.75) is 25.7 Å². The zero-order valence-electron chi connectivity index (χ0n) is 21.7. The van der Waals surface area contributed by atoms with Gasteiger partial charge in [0.05, 0.1) is 25.4 Å². The lowest BCUT2D eigenvalue weighted by Gasteiger charge is -2.18. The van der Waals surface area contributed by atoms with Crippen LogP contribution in [0, 0.1) is 12.3 Å². The van der Waals surface area contributed by atoms with Crippen LogP contribution in [0.4, 0.5) is 0 Å². The molecule has 0 atom stereocenters. The average molecular weight is 645 g/mol. The van der Waals surface area contributed by atoms with Crippen molar-refractivity contribution in [1.82, 2.24) is 0 Å². The fourth-order valence-corrected chi connectivity index (χ4v) is 14.8. The molecule has 5 rings (SSSR count). The zero-order chi connectivity index (χ0) is 26.6. The first-order valence-electron chi connectivity index (χ1n) is 12.0. The highest BCUT2D eigenvalue weighted by Gasteiger charge is 2.26. The van der Waals surface area contributed by atoms with Crippen molar-refractivity contribution in [2.24, 2.45) is 0 Å². The van der Waals surface area contributed by atoms with Gasteiger partial charge in [0, 0.05) is 5.56 Å². The minimum Gasteiger partial charge on any atom is -0.121 e. The van der Waals surface area contributed by atoms with Gasteiger partial charge >= 0.3 is 0 Å². The van der Waals surface area contributed by atoms with E-state index >= 15 is 0 Å². The molecule has 2 aliphatic heterocycles. The maximum absolute atomic E-state index is 5.97. The van der Waals surface area contributed by atoms with E-state index in [9.17, 15) is 0 Å². The Morgan fingerprint density at radius 1 is 0.579 bits per heavy atom. The van der Waals surface area contributed by atoms with Crippen molar-refractivity contribution < 1.29 is 0 Å². The van der Waals surface area contributed by atoms with Crippen molar-refractivity contribution in [1.29, 1.82) is 0 Å². The van der Waals surface area contributed by atoms with Crippen LogP contribution in [-0.2, 0) is 25.7 Å². The minimum absolute atomic E-state index is 0.926. The van der Waals surface area contributed by atoms with Crippen LogP contribution in [0.15, 0.2) is 79.0 Å². The smallest absolute Gasteiger partial charge is 0.0657 e. The molecule has 0 saturated heterocycles. The Labute approximate surface area is 261 Å². The molecule has 4 bridgehead atoms. The Morgan fingerprint density at radius 3 is 1.32 bits per heavy atom. The quantitative estimate of drug-likeness (QED) is 0.298. The van der Waals surface area contributed by atoms with Gasteiger partial charge < -0.3 is 0 Å². The number of allylic oxidation sites excluding steroid dienone is 2. The number of hydrogen-bond donors (Lipinski definition) is 0. The van der Waals surface area contributed by atoms with Gasteiger partial charge in [0.15, 0.2) is 0 Å². The highest BCUT2D eigenvalue weighted by molar-refractivity contribution is 8.41. The van der Waals surface area contributed by atoms with E-state index in [1.165, 1.54) is 58.8 Å². The van der Waals surface area contributed by atoms with E-state index in [1.54, 1.807) is 0 Å². The lowest BCUT2D eigenvalue weighted by Crippen LogP contribution is -2.04. The van der Waals surface area contributed by atoms with Crippen molar-refractivity contribution in [2.75, 3.05) is 25.0 Å². The van der Waals surface area contributed by atoms with Gasteiger partial charge in [0.25, 0.3) is 0 Å². The SMILES string of the molecule is C#Cc1cc2cc(c1)CC(=C1SC(SC)=C(SC)S1)Cc1cccc(c1)CC(=C1SC(SC)=C(SC)S1)C2. The van der Waals surface area contributed by atoms with Gasteiger partial charge in [0.1, 0.15) is 0 Å². The van der Waals surface area contributed by atoms with Crippen LogP contribution in [0.5, 0.6) is 0 Å². The van der Waals surface area contributed by atoms with Gasteiger partial charge in [-0.3, -0.25) is 0 Å². The zero-order valence-corrected chi connectivity index (χ0v) is 28.2. The average Bonchev–Trinajstić information content (AvgIpc) is 3.56. The summed E-state index contributed by atoms with van der Waals surface area (Å²) in [6.07, 6.45) is 18.5. The summed E-state index contributed by atoms with van der Waals surface area (Å²) >= 11 is 15.3. The van der Waals surface area contributed by atoms with Crippen LogP contribution in [-0.4, -0.2) is 25.0 Å². The van der Waals surface area contributed by atoms with Crippen LogP contribution < -0.4 is 0 Å². The molecule has 38 heavy (non-hydrogen) atoms. The predicted octanol–water partition coefficient (Wildman–Crippen LogP) is 10.6. The minimum atomic E-state index is 0.926. The van der Waals surface area contributed by atoms with Crippen molar-refractivity contribution in [3.8, 4) is 12.3 Å². The lowest BCUT2D eigenvalue weighted by molar-refractivity contribution is 0.988. The lowest BCUT2D eigenvalue weighted by atomic mass is 9.91.